The van der Waals surface area contributed by atoms with Crippen LogP contribution < -0.4 is 4.74 Å². The number of benzene rings is 1. The third kappa shape index (κ3) is 6.36. The van der Waals surface area contributed by atoms with Crippen molar-refractivity contribution in [2.24, 2.45) is 0 Å². The molecule has 0 bridgehead atoms. The first-order valence-electron chi connectivity index (χ1n) is 9.91. The molecule has 1 aromatic rings. The summed E-state index contributed by atoms with van der Waals surface area (Å²) in [7, 11) is 0. The number of hydrogen-bond donors (Lipinski definition) is 0. The molecule has 1 aromatic carbocycles. The maximum atomic E-state index is 12.4. The van der Waals surface area contributed by atoms with E-state index in [1.54, 1.807) is 0 Å². The van der Waals surface area contributed by atoms with Gasteiger partial charge in [0.05, 0.1) is 0 Å². The molecule has 1 fully saturated rings. The van der Waals surface area contributed by atoms with E-state index in [0.717, 1.165) is 44.4 Å². The first-order chi connectivity index (χ1) is 12.6. The Labute approximate surface area is 157 Å². The summed E-state index contributed by atoms with van der Waals surface area (Å²) in [5.74, 6) is 0.930. The number of ether oxygens (including phenoxy) is 1. The van der Waals surface area contributed by atoms with Crippen molar-refractivity contribution < 1.29 is 14.3 Å². The van der Waals surface area contributed by atoms with Crippen LogP contribution in [-0.4, -0.2) is 54.4 Å². The second kappa shape index (κ2) is 10.8. The number of amides is 2. The van der Waals surface area contributed by atoms with Crippen LogP contribution in [0, 0.1) is 0 Å². The van der Waals surface area contributed by atoms with Gasteiger partial charge in [0.1, 0.15) is 5.75 Å². The molecule has 0 spiro atoms. The SMILES string of the molecule is CCCCC(=O)N1CCCN(C(=O)COc2ccc(CCC)cc2)CC1. The smallest absolute Gasteiger partial charge is 0.260 e. The van der Waals surface area contributed by atoms with Crippen molar-refractivity contribution in [3.05, 3.63) is 29.8 Å². The quantitative estimate of drug-likeness (QED) is 0.715. The number of nitrogens with zero attached hydrogens (tertiary/aromatic N) is 2. The molecule has 1 saturated heterocycles. The van der Waals surface area contributed by atoms with E-state index in [1.165, 1.54) is 5.56 Å². The van der Waals surface area contributed by atoms with Crippen molar-refractivity contribution in [3.8, 4) is 5.75 Å². The zero-order valence-electron chi connectivity index (χ0n) is 16.2. The largest absolute Gasteiger partial charge is 0.484 e. The molecule has 0 aromatic heterocycles. The fraction of sp³-hybridized carbons (Fsp3) is 0.619. The summed E-state index contributed by atoms with van der Waals surface area (Å²) in [6, 6.07) is 7.95. The van der Waals surface area contributed by atoms with Crippen LogP contribution >= 0.6 is 0 Å². The van der Waals surface area contributed by atoms with Crippen LogP contribution in [0.15, 0.2) is 24.3 Å². The van der Waals surface area contributed by atoms with Crippen LogP contribution in [0.2, 0.25) is 0 Å². The molecule has 0 radical (unpaired) electrons. The van der Waals surface area contributed by atoms with Crippen molar-refractivity contribution in [3.63, 3.8) is 0 Å². The number of carbonyl (C=O) groups is 2. The minimum Gasteiger partial charge on any atom is -0.484 e. The van der Waals surface area contributed by atoms with Gasteiger partial charge in [-0.15, -0.1) is 0 Å². The fourth-order valence-electron chi connectivity index (χ4n) is 3.18. The number of unbranched alkanes of at least 4 members (excludes halogenated alkanes) is 1. The molecule has 0 unspecified atom stereocenters. The lowest BCUT2D eigenvalue weighted by molar-refractivity contribution is -0.134. The van der Waals surface area contributed by atoms with Gasteiger partial charge in [0, 0.05) is 32.6 Å². The summed E-state index contributed by atoms with van der Waals surface area (Å²) < 4.78 is 5.65. The summed E-state index contributed by atoms with van der Waals surface area (Å²) in [5, 5.41) is 0. The molecule has 2 rings (SSSR count). The van der Waals surface area contributed by atoms with Crippen LogP contribution in [0.3, 0.4) is 0 Å². The Kier molecular flexibility index (Phi) is 8.45. The molecule has 0 aliphatic carbocycles. The Morgan fingerprint density at radius 1 is 0.923 bits per heavy atom. The van der Waals surface area contributed by atoms with Gasteiger partial charge in [0.25, 0.3) is 5.91 Å². The zero-order chi connectivity index (χ0) is 18.8. The standard InChI is InChI=1S/C21H32N2O3/c1-3-5-8-20(24)22-13-6-14-23(16-15-22)21(25)17-26-19-11-9-18(7-4-2)10-12-19/h9-12H,3-8,13-17H2,1-2H3. The van der Waals surface area contributed by atoms with E-state index < -0.39 is 0 Å². The van der Waals surface area contributed by atoms with Gasteiger partial charge in [0.2, 0.25) is 5.91 Å². The highest BCUT2D eigenvalue weighted by Gasteiger charge is 2.21. The van der Waals surface area contributed by atoms with Gasteiger partial charge in [-0.2, -0.15) is 0 Å². The fourth-order valence-corrected chi connectivity index (χ4v) is 3.18. The van der Waals surface area contributed by atoms with Crippen molar-refractivity contribution >= 4 is 11.8 Å². The van der Waals surface area contributed by atoms with E-state index in [-0.39, 0.29) is 18.4 Å². The van der Waals surface area contributed by atoms with Crippen LogP contribution in [0.1, 0.15) is 51.5 Å². The van der Waals surface area contributed by atoms with Crippen LogP contribution in [0.4, 0.5) is 0 Å². The minimum absolute atomic E-state index is 0.00880. The molecule has 26 heavy (non-hydrogen) atoms. The third-order valence-electron chi connectivity index (χ3n) is 4.77. The van der Waals surface area contributed by atoms with Gasteiger partial charge in [-0.25, -0.2) is 0 Å². The lowest BCUT2D eigenvalue weighted by Gasteiger charge is -2.22. The average Bonchev–Trinajstić information content (AvgIpc) is 2.92. The molecule has 144 valence electrons. The molecule has 5 heteroatoms. The number of carbonyl (C=O) groups excluding carboxylic acids is 2. The van der Waals surface area contributed by atoms with Crippen LogP contribution in [-0.2, 0) is 16.0 Å². The van der Waals surface area contributed by atoms with Gasteiger partial charge in [-0.05, 0) is 37.0 Å². The molecule has 1 aliphatic rings. The summed E-state index contributed by atoms with van der Waals surface area (Å²) in [5.41, 5.74) is 1.28. The number of aryl methyl sites for hydroxylation is 1. The summed E-state index contributed by atoms with van der Waals surface area (Å²) >= 11 is 0. The van der Waals surface area contributed by atoms with Crippen LogP contribution in [0.5, 0.6) is 5.75 Å². The van der Waals surface area contributed by atoms with E-state index in [2.05, 4.69) is 26.0 Å². The van der Waals surface area contributed by atoms with Gasteiger partial charge in [-0.3, -0.25) is 9.59 Å². The molecular formula is C21H32N2O3. The molecule has 0 atom stereocenters. The summed E-state index contributed by atoms with van der Waals surface area (Å²) in [6.07, 6.45) is 5.58. The number of hydrogen-bond acceptors (Lipinski definition) is 3. The highest BCUT2D eigenvalue weighted by Crippen LogP contribution is 2.14. The van der Waals surface area contributed by atoms with Gasteiger partial charge in [-0.1, -0.05) is 38.8 Å². The highest BCUT2D eigenvalue weighted by molar-refractivity contribution is 5.78. The molecule has 1 aliphatic heterocycles. The van der Waals surface area contributed by atoms with E-state index in [4.69, 9.17) is 4.74 Å². The van der Waals surface area contributed by atoms with Gasteiger partial charge >= 0.3 is 0 Å². The summed E-state index contributed by atoms with van der Waals surface area (Å²) in [4.78, 5) is 28.3. The van der Waals surface area contributed by atoms with E-state index >= 15 is 0 Å². The maximum absolute atomic E-state index is 12.4. The van der Waals surface area contributed by atoms with Crippen molar-refractivity contribution in [2.75, 3.05) is 32.8 Å². The normalized spacial score (nSPS) is 14.8. The first-order valence-corrected chi connectivity index (χ1v) is 9.91. The Hall–Kier alpha value is -2.04. The zero-order valence-corrected chi connectivity index (χ0v) is 16.2. The monoisotopic (exact) mass is 360 g/mol. The second-order valence-electron chi connectivity index (χ2n) is 6.90. The number of rotatable bonds is 8. The maximum Gasteiger partial charge on any atom is 0.260 e. The van der Waals surface area contributed by atoms with E-state index in [0.29, 0.717) is 26.1 Å². The van der Waals surface area contributed by atoms with Crippen molar-refractivity contribution in [1.82, 2.24) is 9.80 Å². The Balaban J connectivity index is 1.77. The van der Waals surface area contributed by atoms with Gasteiger partial charge in [0.15, 0.2) is 6.61 Å². The predicted molar refractivity (Wildman–Crippen MR) is 103 cm³/mol. The second-order valence-corrected chi connectivity index (χ2v) is 6.90. The van der Waals surface area contributed by atoms with Crippen LogP contribution in [0.25, 0.3) is 0 Å². The lowest BCUT2D eigenvalue weighted by Crippen LogP contribution is -2.39. The first kappa shape index (κ1) is 20.3. The third-order valence-corrected chi connectivity index (χ3v) is 4.77. The minimum atomic E-state index is -0.00880. The topological polar surface area (TPSA) is 49.9 Å². The molecule has 5 nitrogen and oxygen atoms in total. The molecule has 1 heterocycles. The Morgan fingerprint density at radius 3 is 2.19 bits per heavy atom. The molecule has 0 saturated carbocycles. The molecular weight excluding hydrogens is 328 g/mol. The Bertz CT molecular complexity index is 571. The van der Waals surface area contributed by atoms with E-state index in [1.807, 2.05) is 21.9 Å². The molecule has 2 amide bonds. The highest BCUT2D eigenvalue weighted by atomic mass is 16.5. The van der Waals surface area contributed by atoms with E-state index in [9.17, 15) is 9.59 Å². The average molecular weight is 360 g/mol. The molecule has 0 N–H and O–H groups in total. The van der Waals surface area contributed by atoms with Crippen molar-refractivity contribution in [2.45, 2.75) is 52.4 Å². The Morgan fingerprint density at radius 2 is 1.58 bits per heavy atom. The van der Waals surface area contributed by atoms with Crippen molar-refractivity contribution in [1.29, 1.82) is 0 Å². The summed E-state index contributed by atoms with van der Waals surface area (Å²) in [6.45, 7) is 6.95. The predicted octanol–water partition coefficient (Wildman–Crippen LogP) is 3.27. The lowest BCUT2D eigenvalue weighted by atomic mass is 10.1. The van der Waals surface area contributed by atoms with Gasteiger partial charge < -0.3 is 14.5 Å².